The number of carbonyl (C=O) groups excluding carboxylic acids is 2. The van der Waals surface area contributed by atoms with Gasteiger partial charge in [0.15, 0.2) is 6.61 Å². The number of anilines is 2. The number of nitrogens with one attached hydrogen (secondary N) is 1. The maximum atomic E-state index is 13.0. The van der Waals surface area contributed by atoms with Crippen LogP contribution in [0.2, 0.25) is 0 Å². The molecule has 0 aliphatic carbocycles. The zero-order valence-corrected chi connectivity index (χ0v) is 17.4. The van der Waals surface area contributed by atoms with Crippen molar-refractivity contribution in [3.05, 3.63) is 54.1 Å². The van der Waals surface area contributed by atoms with Gasteiger partial charge in [-0.2, -0.15) is 0 Å². The molecule has 0 bridgehead atoms. The average Bonchev–Trinajstić information content (AvgIpc) is 3.22. The lowest BCUT2D eigenvalue weighted by Gasteiger charge is -2.41. The Morgan fingerprint density at radius 1 is 1.14 bits per heavy atom. The minimum atomic E-state index is -0.991. The Morgan fingerprint density at radius 3 is 2.54 bits per heavy atom. The normalized spacial score (nSPS) is 18.5. The highest BCUT2D eigenvalue weighted by Gasteiger charge is 2.43. The summed E-state index contributed by atoms with van der Waals surface area (Å²) in [6, 6.07) is 15.2. The molecule has 7 heteroatoms. The molecule has 5 nitrogen and oxygen atoms in total. The van der Waals surface area contributed by atoms with Crippen LogP contribution in [0.5, 0.6) is 5.75 Å². The maximum Gasteiger partial charge on any atom is 0.265 e. The second-order valence-electron chi connectivity index (χ2n) is 7.19. The number of hydrogen-bond donors (Lipinski definition) is 1. The molecule has 0 aromatic heterocycles. The first-order valence-corrected chi connectivity index (χ1v) is 11.3. The summed E-state index contributed by atoms with van der Waals surface area (Å²) in [5.74, 6) is 2.55. The summed E-state index contributed by atoms with van der Waals surface area (Å²) in [6.07, 6.45) is 0. The highest BCUT2D eigenvalue weighted by atomic mass is 32.2. The van der Waals surface area contributed by atoms with Crippen LogP contribution in [0.4, 0.5) is 11.4 Å². The van der Waals surface area contributed by atoms with Gasteiger partial charge >= 0.3 is 0 Å². The van der Waals surface area contributed by atoms with Gasteiger partial charge in [-0.3, -0.25) is 14.5 Å². The first-order chi connectivity index (χ1) is 13.5. The van der Waals surface area contributed by atoms with E-state index in [1.165, 1.54) is 22.0 Å². The van der Waals surface area contributed by atoms with Crippen LogP contribution in [0.25, 0.3) is 0 Å². The summed E-state index contributed by atoms with van der Waals surface area (Å²) in [4.78, 5) is 27.0. The van der Waals surface area contributed by atoms with Crippen LogP contribution in [0.3, 0.4) is 0 Å². The van der Waals surface area contributed by atoms with E-state index in [1.54, 1.807) is 19.9 Å². The molecular formula is C21H22N2O3S2. The van der Waals surface area contributed by atoms with E-state index < -0.39 is 5.54 Å². The number of fused-ring (bicyclic) bond motifs is 1. The molecule has 2 amide bonds. The van der Waals surface area contributed by atoms with Gasteiger partial charge in [0.25, 0.3) is 5.91 Å². The Labute approximate surface area is 173 Å². The number of ether oxygens (including phenoxy) is 1. The van der Waals surface area contributed by atoms with Crippen LogP contribution in [0, 0.1) is 0 Å². The number of carbonyl (C=O) groups is 2. The summed E-state index contributed by atoms with van der Waals surface area (Å²) in [5, 5.41) is 2.86. The third-order valence-corrected chi connectivity index (χ3v) is 8.00. The number of rotatable bonds is 4. The molecule has 2 heterocycles. The Hall–Kier alpha value is -2.12. The van der Waals surface area contributed by atoms with Crippen molar-refractivity contribution in [1.29, 1.82) is 0 Å². The van der Waals surface area contributed by atoms with Crippen molar-refractivity contribution in [2.24, 2.45) is 0 Å². The molecule has 2 aliphatic heterocycles. The largest absolute Gasteiger partial charge is 0.484 e. The second-order valence-corrected chi connectivity index (χ2v) is 9.92. The van der Waals surface area contributed by atoms with E-state index >= 15 is 0 Å². The lowest BCUT2D eigenvalue weighted by molar-refractivity contribution is -0.127. The van der Waals surface area contributed by atoms with Crippen LogP contribution in [-0.2, 0) is 9.59 Å². The zero-order chi connectivity index (χ0) is 19.7. The average molecular weight is 415 g/mol. The molecular weight excluding hydrogens is 392 g/mol. The third kappa shape index (κ3) is 3.61. The van der Waals surface area contributed by atoms with Gasteiger partial charge in [0.1, 0.15) is 11.3 Å². The molecule has 4 rings (SSSR count). The smallest absolute Gasteiger partial charge is 0.265 e. The second kappa shape index (κ2) is 7.72. The van der Waals surface area contributed by atoms with Crippen LogP contribution in [-0.4, -0.2) is 35.5 Å². The van der Waals surface area contributed by atoms with Gasteiger partial charge in [0.2, 0.25) is 5.91 Å². The van der Waals surface area contributed by atoms with Gasteiger partial charge in [0.05, 0.1) is 16.0 Å². The molecule has 1 N–H and O–H groups in total. The van der Waals surface area contributed by atoms with E-state index in [0.29, 0.717) is 21.7 Å². The monoisotopic (exact) mass is 414 g/mol. The quantitative estimate of drug-likeness (QED) is 0.808. The molecule has 146 valence electrons. The SMILES string of the molecule is CC1(C)C(=O)Nc2ccccc2N1C(=O)COc1ccc(C2SCCS2)cc1. The number of amides is 2. The Balaban J connectivity index is 1.48. The number of nitrogens with zero attached hydrogens (tertiary/aromatic N) is 1. The lowest BCUT2D eigenvalue weighted by Crippen LogP contribution is -2.59. The fourth-order valence-corrected chi connectivity index (χ4v) is 6.24. The van der Waals surface area contributed by atoms with Gasteiger partial charge in [0, 0.05) is 11.5 Å². The summed E-state index contributed by atoms with van der Waals surface area (Å²) in [7, 11) is 0. The summed E-state index contributed by atoms with van der Waals surface area (Å²) in [5.41, 5.74) is 1.60. The molecule has 2 aromatic carbocycles. The molecule has 0 spiro atoms. The van der Waals surface area contributed by atoms with E-state index in [1.807, 2.05) is 53.9 Å². The minimum absolute atomic E-state index is 0.128. The predicted octanol–water partition coefficient (Wildman–Crippen LogP) is 4.31. The Bertz CT molecular complexity index is 893. The van der Waals surface area contributed by atoms with E-state index in [-0.39, 0.29) is 18.4 Å². The number of hydrogen-bond acceptors (Lipinski definition) is 5. The Kier molecular flexibility index (Phi) is 5.29. The van der Waals surface area contributed by atoms with E-state index in [4.69, 9.17) is 4.74 Å². The number of benzene rings is 2. The van der Waals surface area contributed by atoms with Crippen LogP contribution in [0.1, 0.15) is 24.0 Å². The van der Waals surface area contributed by atoms with Crippen molar-refractivity contribution in [1.82, 2.24) is 0 Å². The van der Waals surface area contributed by atoms with Crippen molar-refractivity contribution in [3.8, 4) is 5.75 Å². The van der Waals surface area contributed by atoms with Crippen molar-refractivity contribution in [2.75, 3.05) is 28.3 Å². The van der Waals surface area contributed by atoms with E-state index in [0.717, 1.165) is 0 Å². The molecule has 1 fully saturated rings. The molecule has 0 atom stereocenters. The van der Waals surface area contributed by atoms with Crippen molar-refractivity contribution < 1.29 is 14.3 Å². The van der Waals surface area contributed by atoms with Crippen LogP contribution in [0.15, 0.2) is 48.5 Å². The summed E-state index contributed by atoms with van der Waals surface area (Å²) in [6.45, 7) is 3.35. The first-order valence-electron chi connectivity index (χ1n) is 9.16. The Morgan fingerprint density at radius 2 is 1.82 bits per heavy atom. The molecule has 2 aromatic rings. The fourth-order valence-electron chi connectivity index (χ4n) is 3.38. The predicted molar refractivity (Wildman–Crippen MR) is 116 cm³/mol. The van der Waals surface area contributed by atoms with Gasteiger partial charge in [-0.15, -0.1) is 23.5 Å². The van der Waals surface area contributed by atoms with Gasteiger partial charge in [-0.05, 0) is 43.7 Å². The summed E-state index contributed by atoms with van der Waals surface area (Å²) >= 11 is 3.91. The number of para-hydroxylation sites is 2. The molecule has 0 radical (unpaired) electrons. The lowest BCUT2D eigenvalue weighted by atomic mass is 9.96. The molecule has 1 saturated heterocycles. The van der Waals surface area contributed by atoms with Crippen molar-refractivity contribution in [2.45, 2.75) is 24.0 Å². The zero-order valence-electron chi connectivity index (χ0n) is 15.8. The molecule has 28 heavy (non-hydrogen) atoms. The minimum Gasteiger partial charge on any atom is -0.484 e. The third-order valence-electron chi connectivity index (χ3n) is 4.89. The van der Waals surface area contributed by atoms with Crippen molar-refractivity contribution >= 4 is 46.7 Å². The van der Waals surface area contributed by atoms with Crippen LogP contribution < -0.4 is 15.0 Å². The van der Waals surface area contributed by atoms with Crippen LogP contribution >= 0.6 is 23.5 Å². The fraction of sp³-hybridized carbons (Fsp3) is 0.333. The summed E-state index contributed by atoms with van der Waals surface area (Å²) < 4.78 is 6.23. The standard InChI is InChI=1S/C21H22N2O3S2/c1-21(2)20(25)22-16-5-3-4-6-17(16)23(21)18(24)13-26-15-9-7-14(8-10-15)19-27-11-12-28-19/h3-10,19H,11-13H2,1-2H3,(H,22,25). The molecule has 0 saturated carbocycles. The molecule has 0 unspecified atom stereocenters. The number of thioether (sulfide) groups is 2. The van der Waals surface area contributed by atoms with Gasteiger partial charge < -0.3 is 10.1 Å². The molecule has 2 aliphatic rings. The van der Waals surface area contributed by atoms with Gasteiger partial charge in [-0.1, -0.05) is 24.3 Å². The van der Waals surface area contributed by atoms with E-state index in [2.05, 4.69) is 17.4 Å². The highest BCUT2D eigenvalue weighted by Crippen LogP contribution is 2.45. The highest BCUT2D eigenvalue weighted by molar-refractivity contribution is 8.19. The maximum absolute atomic E-state index is 13.0. The first kappa shape index (κ1) is 19.2. The van der Waals surface area contributed by atoms with E-state index in [9.17, 15) is 9.59 Å². The topological polar surface area (TPSA) is 58.6 Å². The van der Waals surface area contributed by atoms with Gasteiger partial charge in [-0.25, -0.2) is 0 Å². The van der Waals surface area contributed by atoms with Crippen molar-refractivity contribution in [3.63, 3.8) is 0 Å².